The molecule has 2 heterocycles. The molecular weight excluding hydrogens is 503 g/mol. The highest BCUT2D eigenvalue weighted by Gasteiger charge is 2.45. The zero-order valence-corrected chi connectivity index (χ0v) is 26.2. The van der Waals surface area contributed by atoms with Crippen molar-refractivity contribution in [3.05, 3.63) is 5.21 Å². The lowest BCUT2D eigenvalue weighted by atomic mass is 9.95. The van der Waals surface area contributed by atoms with E-state index in [0.29, 0.717) is 6.61 Å². The van der Waals surface area contributed by atoms with Gasteiger partial charge in [0.05, 0.1) is 46.5 Å². The molecule has 0 bridgehead atoms. The fourth-order valence-corrected chi connectivity index (χ4v) is 6.78. The molecule has 0 aromatic heterocycles. The van der Waals surface area contributed by atoms with Gasteiger partial charge in [-0.2, -0.15) is 0 Å². The predicted octanol–water partition coefficient (Wildman–Crippen LogP) is 7.54. The van der Waals surface area contributed by atoms with Crippen LogP contribution in [0.25, 0.3) is 0 Å². The van der Waals surface area contributed by atoms with Crippen molar-refractivity contribution >= 4 is 7.82 Å². The number of hydrogen-bond donors (Lipinski definition) is 1. The van der Waals surface area contributed by atoms with Crippen LogP contribution >= 0.6 is 7.82 Å². The highest BCUT2D eigenvalue weighted by Crippen LogP contribution is 2.46. The van der Waals surface area contributed by atoms with Crippen LogP contribution in [0.2, 0.25) is 0 Å². The summed E-state index contributed by atoms with van der Waals surface area (Å²) in [6.45, 7) is 8.91. The fourth-order valence-electron chi connectivity index (χ4n) is 5.77. The van der Waals surface area contributed by atoms with Crippen LogP contribution < -0.4 is 0 Å². The van der Waals surface area contributed by atoms with Crippen LogP contribution in [0, 0.1) is 5.21 Å². The molecule has 2 rings (SSSR count). The largest absolute Gasteiger partial charge is 0.783 e. The maximum Gasteiger partial charge on any atom is 0.472 e. The molecule has 2 aliphatic rings. The number of likely N-dealkylation sites (tertiary alicyclic amines) is 1. The minimum Gasteiger partial charge on any atom is -0.783 e. The Balaban J connectivity index is 1.48. The number of quaternary nitrogens is 1. The Kier molecular flexibility index (Phi) is 14.7. The zero-order chi connectivity index (χ0) is 28.1. The van der Waals surface area contributed by atoms with Crippen LogP contribution in [0.1, 0.15) is 130 Å². The van der Waals surface area contributed by atoms with Crippen LogP contribution in [0.3, 0.4) is 0 Å². The molecule has 0 radical (unpaired) electrons. The molecule has 38 heavy (non-hydrogen) atoms. The van der Waals surface area contributed by atoms with Gasteiger partial charge in [0.1, 0.15) is 5.72 Å². The molecule has 2 aliphatic heterocycles. The first kappa shape index (κ1) is 34.2. The summed E-state index contributed by atoms with van der Waals surface area (Å²) in [5.74, 6) is 0. The second-order valence-corrected chi connectivity index (χ2v) is 14.5. The summed E-state index contributed by atoms with van der Waals surface area (Å²) in [5, 5.41) is 14.3. The molecule has 0 saturated carbocycles. The van der Waals surface area contributed by atoms with Gasteiger partial charge in [-0.1, -0.05) is 71.1 Å². The van der Waals surface area contributed by atoms with Gasteiger partial charge < -0.3 is 24.4 Å². The van der Waals surface area contributed by atoms with Gasteiger partial charge in [-0.25, -0.2) is 4.57 Å². The van der Waals surface area contributed by atoms with Crippen LogP contribution in [0.4, 0.5) is 0 Å². The van der Waals surface area contributed by atoms with Gasteiger partial charge in [-0.05, 0) is 46.0 Å². The third kappa shape index (κ3) is 12.2. The maximum atomic E-state index is 13.0. The van der Waals surface area contributed by atoms with Crippen molar-refractivity contribution in [3.63, 3.8) is 0 Å². The van der Waals surface area contributed by atoms with E-state index in [0.717, 1.165) is 81.8 Å². The summed E-state index contributed by atoms with van der Waals surface area (Å²) in [7, 11) is 0.393. The maximum absolute atomic E-state index is 13.0. The molecule has 0 aromatic carbocycles. The molecule has 226 valence electrons. The Hall–Kier alpha value is -0.0500. The van der Waals surface area contributed by atoms with E-state index in [4.69, 9.17) is 13.8 Å². The number of hydroxylamine groups is 2. The fraction of sp³-hybridized carbons (Fsp3) is 1.00. The molecular formula is C29H59N2O6P. The van der Waals surface area contributed by atoms with Crippen LogP contribution in [0.5, 0.6) is 0 Å². The van der Waals surface area contributed by atoms with Crippen molar-refractivity contribution in [3.8, 4) is 0 Å². The van der Waals surface area contributed by atoms with E-state index in [1.54, 1.807) is 0 Å². The Morgan fingerprint density at radius 2 is 1.42 bits per heavy atom. The van der Waals surface area contributed by atoms with Crippen LogP contribution in [-0.4, -0.2) is 72.2 Å². The number of nitrogens with zero attached hydrogens (tertiary/aromatic N) is 2. The highest BCUT2D eigenvalue weighted by molar-refractivity contribution is 7.47. The first-order valence-corrected chi connectivity index (χ1v) is 17.0. The molecule has 2 atom stereocenters. The topological polar surface area (TPSA) is 91.3 Å². The molecule has 9 heteroatoms. The summed E-state index contributed by atoms with van der Waals surface area (Å²) in [6.07, 6.45) is 17.6. The lowest BCUT2D eigenvalue weighted by Crippen LogP contribution is -2.48. The number of phosphoric acid groups is 1. The zero-order valence-electron chi connectivity index (χ0n) is 25.3. The molecule has 0 aliphatic carbocycles. The second kappa shape index (κ2) is 16.4. The SMILES string of the molecule is CCCCCCC1(CCCCCCCCCCCOP(=O)(O)OC2CC[N+](C)(C)CC2)OCC(C)(C)N1[O-]. The Labute approximate surface area is 233 Å². The van der Waals surface area contributed by atoms with Crippen LogP contribution in [-0.2, 0) is 18.3 Å². The molecule has 2 fully saturated rings. The van der Waals surface area contributed by atoms with Crippen molar-refractivity contribution in [2.75, 3.05) is 40.4 Å². The van der Waals surface area contributed by atoms with Gasteiger partial charge >= 0.3 is 7.82 Å². The summed E-state index contributed by atoms with van der Waals surface area (Å²) in [4.78, 5) is 10.0. The quantitative estimate of drug-likeness (QED) is 0.0931. The number of phosphoric ester groups is 1. The average molecular weight is 563 g/mol. The smallest absolute Gasteiger partial charge is 0.472 e. The van der Waals surface area contributed by atoms with Crippen molar-refractivity contribution in [1.29, 1.82) is 0 Å². The minimum atomic E-state index is -3.95. The van der Waals surface area contributed by atoms with E-state index < -0.39 is 19.1 Å². The van der Waals surface area contributed by atoms with E-state index in [1.165, 1.54) is 50.0 Å². The summed E-state index contributed by atoms with van der Waals surface area (Å²) in [6, 6.07) is 0. The normalized spacial score (nSPS) is 25.6. The monoisotopic (exact) mass is 562 g/mol. The van der Waals surface area contributed by atoms with E-state index in [2.05, 4.69) is 21.0 Å². The number of unbranched alkanes of at least 4 members (excludes halogenated alkanes) is 11. The number of piperidine rings is 1. The molecule has 1 N–H and O–H groups in total. The van der Waals surface area contributed by atoms with E-state index >= 15 is 0 Å². The Bertz CT molecular complexity index is 697. The van der Waals surface area contributed by atoms with E-state index in [-0.39, 0.29) is 12.7 Å². The first-order chi connectivity index (χ1) is 17.9. The van der Waals surface area contributed by atoms with Crippen molar-refractivity contribution < 1.29 is 27.7 Å². The number of hydrogen-bond acceptors (Lipinski definition) is 6. The number of rotatable bonds is 20. The molecule has 0 aromatic rings. The average Bonchev–Trinajstić information content (AvgIpc) is 3.08. The summed E-state index contributed by atoms with van der Waals surface area (Å²) >= 11 is 0. The van der Waals surface area contributed by atoms with Gasteiger partial charge in [0.25, 0.3) is 0 Å². The Morgan fingerprint density at radius 3 is 1.92 bits per heavy atom. The standard InChI is InChI=1S/C29H59N2O6P/c1-6-7-8-16-21-29(30(32)28(2,3)26-35-29)22-17-14-12-10-9-11-13-15-18-25-36-38(33,34)37-27-19-23-31(4,5)24-20-27/h27H,6-26H2,1-5H3,(H,33,34). The van der Waals surface area contributed by atoms with E-state index in [1.807, 2.05) is 13.8 Å². The molecule has 2 saturated heterocycles. The number of ether oxygens (including phenoxy) is 1. The van der Waals surface area contributed by atoms with Crippen LogP contribution in [0.15, 0.2) is 0 Å². The Morgan fingerprint density at radius 1 is 0.921 bits per heavy atom. The van der Waals surface area contributed by atoms with Gasteiger partial charge in [-0.15, -0.1) is 0 Å². The second-order valence-electron chi connectivity index (χ2n) is 13.1. The molecule has 0 amide bonds. The lowest BCUT2D eigenvalue weighted by Gasteiger charge is -2.48. The third-order valence-electron chi connectivity index (χ3n) is 8.40. The predicted molar refractivity (Wildman–Crippen MR) is 155 cm³/mol. The van der Waals surface area contributed by atoms with E-state index in [9.17, 15) is 14.7 Å². The minimum absolute atomic E-state index is 0.176. The van der Waals surface area contributed by atoms with Gasteiger partial charge in [-0.3, -0.25) is 9.05 Å². The summed E-state index contributed by atoms with van der Waals surface area (Å²) in [5.41, 5.74) is -1.04. The van der Waals surface area contributed by atoms with Gasteiger partial charge in [0.2, 0.25) is 0 Å². The molecule has 8 nitrogen and oxygen atoms in total. The lowest BCUT2D eigenvalue weighted by molar-refractivity contribution is -0.896. The first-order valence-electron chi connectivity index (χ1n) is 15.5. The molecule has 0 spiro atoms. The highest BCUT2D eigenvalue weighted by atomic mass is 31.2. The van der Waals surface area contributed by atoms with Gasteiger partial charge in [0, 0.05) is 18.4 Å². The third-order valence-corrected chi connectivity index (χ3v) is 9.47. The van der Waals surface area contributed by atoms with Crippen molar-refractivity contribution in [2.24, 2.45) is 0 Å². The molecule has 2 unspecified atom stereocenters. The van der Waals surface area contributed by atoms with Crippen molar-refractivity contribution in [1.82, 2.24) is 5.06 Å². The van der Waals surface area contributed by atoms with Crippen molar-refractivity contribution in [2.45, 2.75) is 147 Å². The van der Waals surface area contributed by atoms with Gasteiger partial charge in [0.15, 0.2) is 0 Å². The summed E-state index contributed by atoms with van der Waals surface area (Å²) < 4.78 is 29.9.